The Morgan fingerprint density at radius 2 is 1.45 bits per heavy atom. The predicted octanol–water partition coefficient (Wildman–Crippen LogP) is 4.80. The van der Waals surface area contributed by atoms with Gasteiger partial charge in [-0.1, -0.05) is 25.5 Å². The van der Waals surface area contributed by atoms with E-state index in [2.05, 4.69) is 0 Å². The lowest BCUT2D eigenvalue weighted by atomic mass is 9.98. The molecule has 0 unspecified atom stereocenters. The van der Waals surface area contributed by atoms with Gasteiger partial charge < -0.3 is 5.11 Å². The summed E-state index contributed by atoms with van der Waals surface area (Å²) in [5.74, 6) is -5.35. The van der Waals surface area contributed by atoms with Gasteiger partial charge in [-0.3, -0.25) is 0 Å². The van der Waals surface area contributed by atoms with E-state index in [1.807, 2.05) is 6.92 Å². The molecule has 0 aliphatic carbocycles. The van der Waals surface area contributed by atoms with Crippen molar-refractivity contribution in [2.45, 2.75) is 33.1 Å². The largest absolute Gasteiger partial charge is 0.505 e. The molecule has 5 heteroatoms. The number of benzene rings is 2. The molecule has 22 heavy (non-hydrogen) atoms. The summed E-state index contributed by atoms with van der Waals surface area (Å²) in [7, 11) is 0. The standard InChI is InChI=1S/C17H16F4O/c1-3-4-10-5-6-11(15(20)14(10)19)8-12-7-9(2)13(18)16(21)17(12)22/h5-7,22H,3-4,8H2,1-2H3. The molecule has 0 atom stereocenters. The van der Waals surface area contributed by atoms with Crippen LogP contribution in [0.15, 0.2) is 18.2 Å². The molecule has 0 aliphatic heterocycles. The molecule has 0 spiro atoms. The molecule has 0 bridgehead atoms. The third-order valence-corrected chi connectivity index (χ3v) is 3.58. The summed E-state index contributed by atoms with van der Waals surface area (Å²) in [6.45, 7) is 3.19. The van der Waals surface area contributed by atoms with E-state index in [0.717, 1.165) is 0 Å². The number of phenols is 1. The molecule has 1 N–H and O–H groups in total. The van der Waals surface area contributed by atoms with Gasteiger partial charge >= 0.3 is 0 Å². The molecule has 2 aromatic carbocycles. The van der Waals surface area contributed by atoms with Gasteiger partial charge in [0.2, 0.25) is 5.82 Å². The van der Waals surface area contributed by atoms with E-state index in [1.54, 1.807) is 0 Å². The van der Waals surface area contributed by atoms with Gasteiger partial charge in [-0.15, -0.1) is 0 Å². The van der Waals surface area contributed by atoms with E-state index in [-0.39, 0.29) is 28.7 Å². The lowest BCUT2D eigenvalue weighted by Gasteiger charge is -2.11. The summed E-state index contributed by atoms with van der Waals surface area (Å²) in [4.78, 5) is 0. The van der Waals surface area contributed by atoms with Gasteiger partial charge in [0.05, 0.1) is 0 Å². The predicted molar refractivity (Wildman–Crippen MR) is 75.9 cm³/mol. The minimum Gasteiger partial charge on any atom is -0.505 e. The first-order valence-electron chi connectivity index (χ1n) is 6.99. The molecule has 2 aromatic rings. The molecule has 0 heterocycles. The van der Waals surface area contributed by atoms with Gasteiger partial charge in [-0.25, -0.2) is 13.2 Å². The molecule has 118 valence electrons. The molecule has 0 fully saturated rings. The van der Waals surface area contributed by atoms with Gasteiger partial charge in [-0.05, 0) is 36.1 Å². The third-order valence-electron chi connectivity index (χ3n) is 3.58. The maximum atomic E-state index is 14.1. The second-order valence-corrected chi connectivity index (χ2v) is 5.27. The fourth-order valence-corrected chi connectivity index (χ4v) is 2.38. The average Bonchev–Trinajstić information content (AvgIpc) is 2.50. The van der Waals surface area contributed by atoms with Crippen LogP contribution in [0.4, 0.5) is 17.6 Å². The van der Waals surface area contributed by atoms with Crippen molar-refractivity contribution in [2.24, 2.45) is 0 Å². The SMILES string of the molecule is CCCc1ccc(Cc2cc(C)c(F)c(F)c2O)c(F)c1F. The fourth-order valence-electron chi connectivity index (χ4n) is 2.38. The molecule has 0 saturated heterocycles. The van der Waals surface area contributed by atoms with Crippen LogP contribution in [-0.4, -0.2) is 5.11 Å². The zero-order chi connectivity index (χ0) is 16.4. The maximum absolute atomic E-state index is 14.1. The summed E-state index contributed by atoms with van der Waals surface area (Å²) in [5.41, 5.74) is 0.263. The summed E-state index contributed by atoms with van der Waals surface area (Å²) >= 11 is 0. The number of rotatable bonds is 4. The smallest absolute Gasteiger partial charge is 0.200 e. The summed E-state index contributed by atoms with van der Waals surface area (Å²) in [6, 6.07) is 4.10. The first-order chi connectivity index (χ1) is 10.4. The van der Waals surface area contributed by atoms with Crippen LogP contribution in [0, 0.1) is 30.2 Å². The highest BCUT2D eigenvalue weighted by atomic mass is 19.2. The quantitative estimate of drug-likeness (QED) is 0.804. The Kier molecular flexibility index (Phi) is 4.74. The first-order valence-corrected chi connectivity index (χ1v) is 6.99. The van der Waals surface area contributed by atoms with Gasteiger partial charge in [0.25, 0.3) is 0 Å². The Morgan fingerprint density at radius 3 is 2.09 bits per heavy atom. The lowest BCUT2D eigenvalue weighted by molar-refractivity contribution is 0.400. The minimum absolute atomic E-state index is 0.00576. The van der Waals surface area contributed by atoms with E-state index in [9.17, 15) is 22.7 Å². The van der Waals surface area contributed by atoms with Crippen molar-refractivity contribution in [1.82, 2.24) is 0 Å². The molecular formula is C17H16F4O. The van der Waals surface area contributed by atoms with E-state index in [1.165, 1.54) is 25.1 Å². The molecule has 0 saturated carbocycles. The normalized spacial score (nSPS) is 11.0. The Hall–Kier alpha value is -2.04. The third kappa shape index (κ3) is 2.93. The Morgan fingerprint density at radius 1 is 0.864 bits per heavy atom. The molecule has 0 aliphatic rings. The van der Waals surface area contributed by atoms with Crippen LogP contribution in [0.2, 0.25) is 0 Å². The van der Waals surface area contributed by atoms with Crippen molar-refractivity contribution in [1.29, 1.82) is 0 Å². The van der Waals surface area contributed by atoms with Crippen LogP contribution >= 0.6 is 0 Å². The fraction of sp³-hybridized carbons (Fsp3) is 0.294. The lowest BCUT2D eigenvalue weighted by Crippen LogP contribution is -2.02. The molecule has 0 amide bonds. The molecular weight excluding hydrogens is 296 g/mol. The number of halogens is 4. The van der Waals surface area contributed by atoms with Gasteiger partial charge in [-0.2, -0.15) is 4.39 Å². The van der Waals surface area contributed by atoms with Crippen molar-refractivity contribution < 1.29 is 22.7 Å². The Bertz CT molecular complexity index is 711. The van der Waals surface area contributed by atoms with E-state index in [4.69, 9.17) is 0 Å². The van der Waals surface area contributed by atoms with Gasteiger partial charge in [0.15, 0.2) is 23.2 Å². The zero-order valence-corrected chi connectivity index (χ0v) is 12.3. The summed E-state index contributed by atoms with van der Waals surface area (Å²) in [6.07, 6.45) is 0.871. The van der Waals surface area contributed by atoms with Crippen LogP contribution in [0.3, 0.4) is 0 Å². The monoisotopic (exact) mass is 312 g/mol. The molecule has 0 aromatic heterocycles. The van der Waals surface area contributed by atoms with E-state index < -0.39 is 29.0 Å². The van der Waals surface area contributed by atoms with Gasteiger partial charge in [0.1, 0.15) is 0 Å². The number of hydrogen-bond donors (Lipinski definition) is 1. The molecule has 1 nitrogen and oxygen atoms in total. The Labute approximate surface area is 126 Å². The highest BCUT2D eigenvalue weighted by Gasteiger charge is 2.19. The Balaban J connectivity index is 2.42. The van der Waals surface area contributed by atoms with Gasteiger partial charge in [0, 0.05) is 12.0 Å². The maximum Gasteiger partial charge on any atom is 0.200 e. The van der Waals surface area contributed by atoms with Crippen LogP contribution in [0.5, 0.6) is 5.75 Å². The van der Waals surface area contributed by atoms with Crippen LogP contribution in [0.25, 0.3) is 0 Å². The molecule has 0 radical (unpaired) electrons. The summed E-state index contributed by atoms with van der Waals surface area (Å²) < 4.78 is 54.8. The van der Waals surface area contributed by atoms with E-state index in [0.29, 0.717) is 12.8 Å². The topological polar surface area (TPSA) is 20.2 Å². The second kappa shape index (κ2) is 6.38. The van der Waals surface area contributed by atoms with Crippen LogP contribution in [-0.2, 0) is 12.8 Å². The van der Waals surface area contributed by atoms with Crippen molar-refractivity contribution in [3.8, 4) is 5.75 Å². The first kappa shape index (κ1) is 16.3. The average molecular weight is 312 g/mol. The zero-order valence-electron chi connectivity index (χ0n) is 12.3. The van der Waals surface area contributed by atoms with Crippen LogP contribution in [0.1, 0.15) is 35.6 Å². The van der Waals surface area contributed by atoms with Crippen LogP contribution < -0.4 is 0 Å². The summed E-state index contributed by atoms with van der Waals surface area (Å²) in [5, 5.41) is 9.63. The number of aryl methyl sites for hydroxylation is 2. The minimum atomic E-state index is -1.38. The number of hydrogen-bond acceptors (Lipinski definition) is 1. The van der Waals surface area contributed by atoms with Crippen molar-refractivity contribution in [3.05, 3.63) is 63.7 Å². The second-order valence-electron chi connectivity index (χ2n) is 5.27. The highest BCUT2D eigenvalue weighted by Crippen LogP contribution is 2.29. The van der Waals surface area contributed by atoms with Crippen molar-refractivity contribution >= 4 is 0 Å². The van der Waals surface area contributed by atoms with E-state index >= 15 is 0 Å². The van der Waals surface area contributed by atoms with Crippen molar-refractivity contribution in [2.75, 3.05) is 0 Å². The number of phenolic OH excluding ortho intramolecular Hbond substituents is 1. The number of aromatic hydroxyl groups is 1. The van der Waals surface area contributed by atoms with Crippen molar-refractivity contribution in [3.63, 3.8) is 0 Å². The molecule has 2 rings (SSSR count). The highest BCUT2D eigenvalue weighted by molar-refractivity contribution is 5.42.